The van der Waals surface area contributed by atoms with Gasteiger partial charge in [0.15, 0.2) is 0 Å². The summed E-state index contributed by atoms with van der Waals surface area (Å²) in [5, 5.41) is 0. The van der Waals surface area contributed by atoms with Gasteiger partial charge >= 0.3 is 0 Å². The van der Waals surface area contributed by atoms with Crippen LogP contribution in [0.25, 0.3) is 0 Å². The Morgan fingerprint density at radius 1 is 0.889 bits per heavy atom. The van der Waals surface area contributed by atoms with Gasteiger partial charge in [-0.1, -0.05) is 34.1 Å². The van der Waals surface area contributed by atoms with E-state index < -0.39 is 0 Å². The number of amides is 1. The lowest BCUT2D eigenvalue weighted by Gasteiger charge is -2.27. The summed E-state index contributed by atoms with van der Waals surface area (Å²) in [5.41, 5.74) is 3.37. The van der Waals surface area contributed by atoms with E-state index in [0.29, 0.717) is 11.3 Å². The molecule has 3 aromatic carbocycles. The van der Waals surface area contributed by atoms with Crippen molar-refractivity contribution in [2.75, 3.05) is 19.1 Å². The van der Waals surface area contributed by atoms with Crippen LogP contribution in [0.15, 0.2) is 71.2 Å². The third-order valence-corrected chi connectivity index (χ3v) is 5.33. The maximum Gasteiger partial charge on any atom is 0.259 e. The van der Waals surface area contributed by atoms with Crippen molar-refractivity contribution in [2.24, 2.45) is 0 Å². The molecular weight excluding hydrogens is 406 g/mol. The predicted molar refractivity (Wildman–Crippen MR) is 109 cm³/mol. The Labute approximate surface area is 166 Å². The van der Waals surface area contributed by atoms with Crippen LogP contribution in [0, 0.1) is 0 Å². The minimum atomic E-state index is -0.292. The molecule has 0 bridgehead atoms. The molecule has 0 aliphatic carbocycles. The first-order valence-corrected chi connectivity index (χ1v) is 9.33. The molecule has 0 saturated heterocycles. The van der Waals surface area contributed by atoms with Gasteiger partial charge in [-0.25, -0.2) is 0 Å². The summed E-state index contributed by atoms with van der Waals surface area (Å²) in [6.07, 6.45) is 0. The largest absolute Gasteiger partial charge is 0.497 e. The Kier molecular flexibility index (Phi) is 4.62. The summed E-state index contributed by atoms with van der Waals surface area (Å²) in [6, 6.07) is 20.8. The molecule has 1 amide bonds. The summed E-state index contributed by atoms with van der Waals surface area (Å²) in [7, 11) is 3.27. The molecule has 1 atom stereocenters. The van der Waals surface area contributed by atoms with E-state index in [1.54, 1.807) is 14.2 Å². The van der Waals surface area contributed by atoms with Crippen molar-refractivity contribution in [3.05, 3.63) is 87.9 Å². The molecule has 4 rings (SSSR count). The van der Waals surface area contributed by atoms with Crippen LogP contribution in [0.3, 0.4) is 0 Å². The number of ether oxygens (including phenoxy) is 2. The maximum atomic E-state index is 13.3. The van der Waals surface area contributed by atoms with Gasteiger partial charge in [0.05, 0.1) is 20.3 Å². The van der Waals surface area contributed by atoms with Crippen molar-refractivity contribution in [2.45, 2.75) is 6.04 Å². The Balaban J connectivity index is 1.94. The molecule has 3 aromatic rings. The predicted octanol–water partition coefficient (Wildman–Crippen LogP) is 5.22. The van der Waals surface area contributed by atoms with Crippen LogP contribution in [0.4, 0.5) is 5.69 Å². The lowest BCUT2D eigenvalue weighted by molar-refractivity contribution is 0.0993. The van der Waals surface area contributed by atoms with E-state index in [1.807, 2.05) is 71.6 Å². The zero-order valence-corrected chi connectivity index (χ0v) is 16.6. The number of fused-ring (bicyclic) bond motifs is 1. The fourth-order valence-corrected chi connectivity index (χ4v) is 3.81. The Morgan fingerprint density at radius 2 is 1.63 bits per heavy atom. The summed E-state index contributed by atoms with van der Waals surface area (Å²) < 4.78 is 12.0. The van der Waals surface area contributed by atoms with Gasteiger partial charge in [0, 0.05) is 21.3 Å². The van der Waals surface area contributed by atoms with E-state index in [9.17, 15) is 4.79 Å². The van der Waals surface area contributed by atoms with Gasteiger partial charge in [-0.05, 0) is 54.1 Å². The quantitative estimate of drug-likeness (QED) is 0.577. The third kappa shape index (κ3) is 2.98. The Morgan fingerprint density at radius 3 is 2.33 bits per heavy atom. The van der Waals surface area contributed by atoms with Gasteiger partial charge in [-0.15, -0.1) is 0 Å². The normalized spacial score (nSPS) is 15.6. The molecule has 1 heterocycles. The number of carbonyl (C=O) groups is 1. The first kappa shape index (κ1) is 17.6. The topological polar surface area (TPSA) is 38.8 Å². The van der Waals surface area contributed by atoms with E-state index in [4.69, 9.17) is 9.47 Å². The average molecular weight is 424 g/mol. The van der Waals surface area contributed by atoms with Crippen LogP contribution in [-0.4, -0.2) is 20.1 Å². The number of carbonyl (C=O) groups excluding carboxylic acids is 1. The number of halogens is 1. The van der Waals surface area contributed by atoms with Crippen LogP contribution >= 0.6 is 15.9 Å². The maximum absolute atomic E-state index is 13.3. The van der Waals surface area contributed by atoms with Crippen molar-refractivity contribution < 1.29 is 14.3 Å². The molecule has 0 spiro atoms. The number of benzene rings is 3. The van der Waals surface area contributed by atoms with Crippen molar-refractivity contribution in [1.29, 1.82) is 0 Å². The van der Waals surface area contributed by atoms with Gasteiger partial charge in [0.2, 0.25) is 0 Å². The van der Waals surface area contributed by atoms with Crippen molar-refractivity contribution in [3.8, 4) is 11.5 Å². The number of rotatable bonds is 4. The summed E-state index contributed by atoms with van der Waals surface area (Å²) in [6.45, 7) is 0. The molecule has 0 saturated carbocycles. The lowest BCUT2D eigenvalue weighted by Crippen LogP contribution is -2.28. The minimum absolute atomic E-state index is 0.0252. The Bertz CT molecular complexity index is 1000. The van der Waals surface area contributed by atoms with Crippen molar-refractivity contribution in [1.82, 2.24) is 0 Å². The summed E-state index contributed by atoms with van der Waals surface area (Å²) in [4.78, 5) is 15.1. The van der Waals surface area contributed by atoms with Crippen molar-refractivity contribution >= 4 is 27.5 Å². The first-order chi connectivity index (χ1) is 13.1. The van der Waals surface area contributed by atoms with E-state index in [1.165, 1.54) is 0 Å². The fourth-order valence-electron chi connectivity index (χ4n) is 3.54. The highest BCUT2D eigenvalue weighted by molar-refractivity contribution is 9.10. The second-order valence-electron chi connectivity index (χ2n) is 6.25. The fraction of sp³-hybridized carbons (Fsp3) is 0.136. The number of hydrogen-bond donors (Lipinski definition) is 0. The van der Waals surface area contributed by atoms with Gasteiger partial charge in [-0.3, -0.25) is 9.69 Å². The van der Waals surface area contributed by atoms with E-state index in [-0.39, 0.29) is 11.9 Å². The van der Waals surface area contributed by atoms with Gasteiger partial charge in [-0.2, -0.15) is 0 Å². The number of methoxy groups -OCH3 is 2. The first-order valence-electron chi connectivity index (χ1n) is 8.54. The molecule has 0 radical (unpaired) electrons. The zero-order chi connectivity index (χ0) is 19.0. The number of hydrogen-bond acceptors (Lipinski definition) is 3. The van der Waals surface area contributed by atoms with Crippen LogP contribution in [-0.2, 0) is 0 Å². The standard InChI is InChI=1S/C22H18BrNO3/c1-26-16-11-12-20(27-2)19(13-16)21-17-5-3-4-6-18(17)22(25)24(21)15-9-7-14(23)8-10-15/h3-13,21H,1-2H3/t21-/m1/s1. The highest BCUT2D eigenvalue weighted by Crippen LogP contribution is 2.45. The molecule has 0 N–H and O–H groups in total. The highest BCUT2D eigenvalue weighted by atomic mass is 79.9. The van der Waals surface area contributed by atoms with E-state index in [0.717, 1.165) is 27.0 Å². The highest BCUT2D eigenvalue weighted by Gasteiger charge is 2.39. The minimum Gasteiger partial charge on any atom is -0.497 e. The van der Waals surface area contributed by atoms with Crippen LogP contribution in [0.1, 0.15) is 27.5 Å². The smallest absolute Gasteiger partial charge is 0.259 e. The van der Waals surface area contributed by atoms with E-state index >= 15 is 0 Å². The molecule has 5 heteroatoms. The van der Waals surface area contributed by atoms with Gasteiger partial charge in [0.1, 0.15) is 11.5 Å². The molecule has 0 aromatic heterocycles. The number of nitrogens with zero attached hydrogens (tertiary/aromatic N) is 1. The molecule has 0 unspecified atom stereocenters. The third-order valence-electron chi connectivity index (χ3n) is 4.80. The van der Waals surface area contributed by atoms with E-state index in [2.05, 4.69) is 15.9 Å². The molecule has 27 heavy (non-hydrogen) atoms. The lowest BCUT2D eigenvalue weighted by atomic mass is 9.96. The molecular formula is C22H18BrNO3. The molecule has 136 valence electrons. The molecule has 0 fully saturated rings. The summed E-state index contributed by atoms with van der Waals surface area (Å²) >= 11 is 3.46. The second kappa shape index (κ2) is 7.08. The van der Waals surface area contributed by atoms with Crippen LogP contribution in [0.5, 0.6) is 11.5 Å². The molecule has 4 nitrogen and oxygen atoms in total. The van der Waals surface area contributed by atoms with Crippen LogP contribution in [0.2, 0.25) is 0 Å². The Hall–Kier alpha value is -2.79. The van der Waals surface area contributed by atoms with Gasteiger partial charge < -0.3 is 9.47 Å². The molecule has 1 aliphatic rings. The van der Waals surface area contributed by atoms with Gasteiger partial charge in [0.25, 0.3) is 5.91 Å². The second-order valence-corrected chi connectivity index (χ2v) is 7.16. The number of anilines is 1. The summed E-state index contributed by atoms with van der Waals surface area (Å²) in [5.74, 6) is 1.41. The van der Waals surface area contributed by atoms with Crippen molar-refractivity contribution in [3.63, 3.8) is 0 Å². The molecule has 1 aliphatic heterocycles. The monoisotopic (exact) mass is 423 g/mol. The SMILES string of the molecule is COc1ccc(OC)c([C@H]2c3ccccc3C(=O)N2c2ccc(Br)cc2)c1. The average Bonchev–Trinajstić information content (AvgIpc) is 3.01. The zero-order valence-electron chi connectivity index (χ0n) is 15.0. The van der Waals surface area contributed by atoms with Crippen LogP contribution < -0.4 is 14.4 Å².